The fourth-order valence-corrected chi connectivity index (χ4v) is 3.73. The third-order valence-corrected chi connectivity index (χ3v) is 5.03. The summed E-state index contributed by atoms with van der Waals surface area (Å²) in [6, 6.07) is 3.95. The first-order chi connectivity index (χ1) is 11.6. The molecule has 6 nitrogen and oxygen atoms in total. The number of piperidine rings is 1. The largest absolute Gasteiger partial charge is 0.365 e. The third kappa shape index (κ3) is 3.91. The second-order valence-electron chi connectivity index (χ2n) is 5.61. The Hall–Kier alpha value is -1.99. The van der Waals surface area contributed by atoms with E-state index in [-0.39, 0.29) is 0 Å². The van der Waals surface area contributed by atoms with E-state index in [2.05, 4.69) is 23.6 Å². The van der Waals surface area contributed by atoms with Crippen molar-refractivity contribution in [3.05, 3.63) is 22.6 Å². The standard InChI is InChI=1S/C16H19N3O2S.CH5N/c1-2-3-10-8-14(19-6-4-11(20)5-7-19)18-16-12(10)9-13(22-16)15(17)21;1-2/h8-9H,2-7H2,1H3,(H2,17,21);2H2,1H3. The molecule has 130 valence electrons. The van der Waals surface area contributed by atoms with Crippen molar-refractivity contribution in [2.45, 2.75) is 32.6 Å². The molecule has 1 saturated heterocycles. The maximum atomic E-state index is 11.4. The van der Waals surface area contributed by atoms with Crippen molar-refractivity contribution >= 4 is 39.1 Å². The molecule has 24 heavy (non-hydrogen) atoms. The van der Waals surface area contributed by atoms with Gasteiger partial charge in [0.1, 0.15) is 16.4 Å². The highest BCUT2D eigenvalue weighted by Crippen LogP contribution is 2.31. The number of hydrogen-bond acceptors (Lipinski definition) is 6. The Bertz CT molecular complexity index is 732. The number of primary amides is 1. The number of pyridine rings is 1. The highest BCUT2D eigenvalue weighted by molar-refractivity contribution is 7.20. The molecule has 7 heteroatoms. The van der Waals surface area contributed by atoms with Crippen LogP contribution >= 0.6 is 11.3 Å². The molecular formula is C17H24N4O2S. The minimum atomic E-state index is -0.407. The molecule has 1 amide bonds. The van der Waals surface area contributed by atoms with Crippen molar-refractivity contribution < 1.29 is 9.59 Å². The van der Waals surface area contributed by atoms with Crippen molar-refractivity contribution in [3.63, 3.8) is 0 Å². The summed E-state index contributed by atoms with van der Waals surface area (Å²) in [4.78, 5) is 31.1. The third-order valence-electron chi connectivity index (χ3n) is 3.99. The number of carbonyl (C=O) groups excluding carboxylic acids is 2. The number of nitrogens with zero attached hydrogens (tertiary/aromatic N) is 2. The number of aromatic nitrogens is 1. The first-order valence-corrected chi connectivity index (χ1v) is 8.97. The van der Waals surface area contributed by atoms with Crippen molar-refractivity contribution in [1.82, 2.24) is 4.98 Å². The van der Waals surface area contributed by atoms with E-state index >= 15 is 0 Å². The van der Waals surface area contributed by atoms with Gasteiger partial charge < -0.3 is 16.4 Å². The first-order valence-electron chi connectivity index (χ1n) is 8.16. The van der Waals surface area contributed by atoms with Gasteiger partial charge in [0.25, 0.3) is 5.91 Å². The topological polar surface area (TPSA) is 102 Å². The number of Topliss-reactive ketones (excluding diaryl/α,β-unsaturated/α-hetero) is 1. The van der Waals surface area contributed by atoms with E-state index in [0.717, 1.165) is 42.0 Å². The second-order valence-corrected chi connectivity index (χ2v) is 6.64. The number of anilines is 1. The van der Waals surface area contributed by atoms with Gasteiger partial charge in [0.2, 0.25) is 0 Å². The monoisotopic (exact) mass is 348 g/mol. The summed E-state index contributed by atoms with van der Waals surface area (Å²) < 4.78 is 0. The number of thiophene rings is 1. The van der Waals surface area contributed by atoms with Crippen LogP contribution in [0.5, 0.6) is 0 Å². The lowest BCUT2D eigenvalue weighted by molar-refractivity contribution is -0.119. The summed E-state index contributed by atoms with van der Waals surface area (Å²) in [6.45, 7) is 3.57. The SMILES string of the molecule is CCCc1cc(N2CCC(=O)CC2)nc2sc(C(N)=O)cc12.CN. The zero-order valence-electron chi connectivity index (χ0n) is 14.2. The van der Waals surface area contributed by atoms with Gasteiger partial charge in [-0.1, -0.05) is 13.3 Å². The van der Waals surface area contributed by atoms with E-state index in [1.807, 2.05) is 6.07 Å². The summed E-state index contributed by atoms with van der Waals surface area (Å²) in [5.41, 5.74) is 11.1. The number of fused-ring (bicyclic) bond motifs is 1. The Morgan fingerprint density at radius 1 is 1.29 bits per heavy atom. The minimum Gasteiger partial charge on any atom is -0.365 e. The maximum Gasteiger partial charge on any atom is 0.258 e. The lowest BCUT2D eigenvalue weighted by Gasteiger charge is -2.27. The zero-order valence-corrected chi connectivity index (χ0v) is 15.0. The molecule has 0 atom stereocenters. The molecule has 4 N–H and O–H groups in total. The van der Waals surface area contributed by atoms with Crippen molar-refractivity contribution in [3.8, 4) is 0 Å². The van der Waals surface area contributed by atoms with Gasteiger partial charge in [-0.25, -0.2) is 4.98 Å². The number of carbonyl (C=O) groups is 2. The molecule has 3 heterocycles. The number of ketones is 1. The highest BCUT2D eigenvalue weighted by Gasteiger charge is 2.20. The lowest BCUT2D eigenvalue weighted by Crippen LogP contribution is -2.34. The van der Waals surface area contributed by atoms with Crippen molar-refractivity contribution in [1.29, 1.82) is 0 Å². The van der Waals surface area contributed by atoms with Crippen LogP contribution in [0.3, 0.4) is 0 Å². The van der Waals surface area contributed by atoms with Gasteiger partial charge in [-0.2, -0.15) is 0 Å². The van der Waals surface area contributed by atoms with Gasteiger partial charge in [-0.05, 0) is 31.2 Å². The number of nitrogens with two attached hydrogens (primary N) is 2. The fraction of sp³-hybridized carbons (Fsp3) is 0.471. The molecule has 0 aromatic carbocycles. The van der Waals surface area contributed by atoms with Gasteiger partial charge >= 0.3 is 0 Å². The lowest BCUT2D eigenvalue weighted by atomic mass is 10.1. The summed E-state index contributed by atoms with van der Waals surface area (Å²) in [7, 11) is 1.50. The Labute approximate surface area is 145 Å². The van der Waals surface area contributed by atoms with Crippen LogP contribution in [0.2, 0.25) is 0 Å². The fourth-order valence-electron chi connectivity index (χ4n) is 2.81. The molecule has 0 bridgehead atoms. The molecular weight excluding hydrogens is 324 g/mol. The summed E-state index contributed by atoms with van der Waals surface area (Å²) in [5.74, 6) is 0.815. The van der Waals surface area contributed by atoms with Crippen LogP contribution in [0.15, 0.2) is 12.1 Å². The average molecular weight is 348 g/mol. The van der Waals surface area contributed by atoms with Crippen LogP contribution in [0, 0.1) is 0 Å². The highest BCUT2D eigenvalue weighted by atomic mass is 32.1. The summed E-state index contributed by atoms with van der Waals surface area (Å²) >= 11 is 1.34. The quantitative estimate of drug-likeness (QED) is 0.881. The van der Waals surface area contributed by atoms with E-state index in [0.29, 0.717) is 23.5 Å². The normalized spacial score (nSPS) is 14.5. The Balaban J connectivity index is 0.00000100. The molecule has 1 fully saturated rings. The van der Waals surface area contributed by atoms with Gasteiger partial charge in [-0.3, -0.25) is 9.59 Å². The number of rotatable bonds is 4. The van der Waals surface area contributed by atoms with E-state index in [4.69, 9.17) is 10.7 Å². The zero-order chi connectivity index (χ0) is 17.7. The molecule has 0 radical (unpaired) electrons. The van der Waals surface area contributed by atoms with Gasteiger partial charge in [0.15, 0.2) is 0 Å². The van der Waals surface area contributed by atoms with Crippen LogP contribution in [0.4, 0.5) is 5.82 Å². The number of amides is 1. The molecule has 0 spiro atoms. The average Bonchev–Trinajstić information content (AvgIpc) is 3.02. The predicted octanol–water partition coefficient (Wildman–Crippen LogP) is 2.09. The summed E-state index contributed by atoms with van der Waals surface area (Å²) in [5, 5.41) is 1.03. The molecule has 0 saturated carbocycles. The molecule has 2 aromatic heterocycles. The molecule has 3 rings (SSSR count). The molecule has 1 aliphatic rings. The smallest absolute Gasteiger partial charge is 0.258 e. The molecule has 2 aromatic rings. The van der Waals surface area contributed by atoms with E-state index in [1.165, 1.54) is 23.9 Å². The Morgan fingerprint density at radius 2 is 1.96 bits per heavy atom. The van der Waals surface area contributed by atoms with Crippen LogP contribution in [-0.2, 0) is 11.2 Å². The van der Waals surface area contributed by atoms with Crippen LogP contribution in [-0.4, -0.2) is 36.8 Å². The Morgan fingerprint density at radius 3 is 2.54 bits per heavy atom. The number of aryl methyl sites for hydroxylation is 1. The maximum absolute atomic E-state index is 11.4. The van der Waals surface area contributed by atoms with Gasteiger partial charge in [-0.15, -0.1) is 11.3 Å². The van der Waals surface area contributed by atoms with Crippen LogP contribution < -0.4 is 16.4 Å². The van der Waals surface area contributed by atoms with Gasteiger partial charge in [0.05, 0.1) is 4.88 Å². The number of hydrogen-bond donors (Lipinski definition) is 2. The minimum absolute atomic E-state index is 0.318. The molecule has 1 aliphatic heterocycles. The second kappa shape index (κ2) is 8.21. The predicted molar refractivity (Wildman–Crippen MR) is 98.7 cm³/mol. The van der Waals surface area contributed by atoms with Crippen LogP contribution in [0.1, 0.15) is 41.4 Å². The molecule has 0 unspecified atom stereocenters. The summed E-state index contributed by atoms with van der Waals surface area (Å²) in [6.07, 6.45) is 3.13. The Kier molecular flexibility index (Phi) is 6.28. The van der Waals surface area contributed by atoms with Crippen molar-refractivity contribution in [2.75, 3.05) is 25.0 Å². The van der Waals surface area contributed by atoms with Crippen molar-refractivity contribution in [2.24, 2.45) is 11.5 Å². The van der Waals surface area contributed by atoms with Gasteiger partial charge in [0, 0.05) is 31.3 Å². The van der Waals surface area contributed by atoms with E-state index in [9.17, 15) is 9.59 Å². The van der Waals surface area contributed by atoms with Crippen LogP contribution in [0.25, 0.3) is 10.2 Å². The van der Waals surface area contributed by atoms with E-state index < -0.39 is 5.91 Å². The van der Waals surface area contributed by atoms with E-state index in [1.54, 1.807) is 0 Å². The first kappa shape index (κ1) is 18.4. The molecule has 0 aliphatic carbocycles.